The first kappa shape index (κ1) is 8.96. The van der Waals surface area contributed by atoms with Gasteiger partial charge in [0.1, 0.15) is 0 Å². The molecule has 3 rings (SSSR count). The van der Waals surface area contributed by atoms with Crippen LogP contribution in [0, 0.1) is 0 Å². The third-order valence-electron chi connectivity index (χ3n) is 2.60. The molecular formula is C11H10N4O. The van der Waals surface area contributed by atoms with E-state index in [2.05, 4.69) is 15.1 Å². The first-order chi connectivity index (χ1) is 7.74. The zero-order chi connectivity index (χ0) is 11.1. The molecule has 1 aromatic carbocycles. The molecule has 80 valence electrons. The van der Waals surface area contributed by atoms with E-state index in [0.717, 1.165) is 16.5 Å². The van der Waals surface area contributed by atoms with Crippen molar-refractivity contribution in [2.24, 2.45) is 7.05 Å². The molecule has 0 radical (unpaired) electrons. The SMILES string of the molecule is Cn1nc(-c2ccc3[nH]ccc3c2)[nH]c1=O. The standard InChI is InChI=1S/C11H10N4O/c1-15-11(16)13-10(14-15)8-2-3-9-7(6-8)4-5-12-9/h2-6,12H,1H3,(H,13,14,16). The molecule has 0 aliphatic rings. The number of aryl methyl sites for hydroxylation is 1. The van der Waals surface area contributed by atoms with Gasteiger partial charge in [0.15, 0.2) is 5.82 Å². The highest BCUT2D eigenvalue weighted by Gasteiger charge is 2.05. The molecule has 16 heavy (non-hydrogen) atoms. The Bertz CT molecular complexity index is 704. The van der Waals surface area contributed by atoms with Crippen molar-refractivity contribution in [2.45, 2.75) is 0 Å². The lowest BCUT2D eigenvalue weighted by molar-refractivity contribution is 0.736. The number of fused-ring (bicyclic) bond motifs is 1. The Morgan fingerprint density at radius 3 is 2.94 bits per heavy atom. The number of benzene rings is 1. The van der Waals surface area contributed by atoms with Gasteiger partial charge in [0, 0.05) is 29.7 Å². The molecule has 0 saturated heterocycles. The van der Waals surface area contributed by atoms with E-state index >= 15 is 0 Å². The largest absolute Gasteiger partial charge is 0.361 e. The maximum atomic E-state index is 11.3. The minimum atomic E-state index is -0.204. The second-order valence-electron chi connectivity index (χ2n) is 3.68. The fourth-order valence-corrected chi connectivity index (χ4v) is 1.73. The quantitative estimate of drug-likeness (QED) is 0.640. The normalized spacial score (nSPS) is 11.1. The van der Waals surface area contributed by atoms with Crippen molar-refractivity contribution in [3.8, 4) is 11.4 Å². The molecule has 0 saturated carbocycles. The van der Waals surface area contributed by atoms with E-state index in [-0.39, 0.29) is 5.69 Å². The lowest BCUT2D eigenvalue weighted by Crippen LogP contribution is -2.13. The van der Waals surface area contributed by atoms with Gasteiger partial charge in [0.25, 0.3) is 0 Å². The van der Waals surface area contributed by atoms with E-state index in [1.54, 1.807) is 7.05 Å². The molecule has 0 bridgehead atoms. The maximum absolute atomic E-state index is 11.3. The van der Waals surface area contributed by atoms with Crippen LogP contribution in [0.2, 0.25) is 0 Å². The van der Waals surface area contributed by atoms with Crippen LogP contribution < -0.4 is 5.69 Å². The van der Waals surface area contributed by atoms with Crippen LogP contribution in [-0.4, -0.2) is 19.7 Å². The van der Waals surface area contributed by atoms with E-state index in [9.17, 15) is 4.79 Å². The van der Waals surface area contributed by atoms with Crippen molar-refractivity contribution >= 4 is 10.9 Å². The van der Waals surface area contributed by atoms with Crippen molar-refractivity contribution in [3.63, 3.8) is 0 Å². The second kappa shape index (κ2) is 3.10. The second-order valence-corrected chi connectivity index (χ2v) is 3.68. The maximum Gasteiger partial charge on any atom is 0.343 e. The predicted octanol–water partition coefficient (Wildman–Crippen LogP) is 1.26. The molecule has 3 aromatic rings. The van der Waals surface area contributed by atoms with Crippen molar-refractivity contribution in [3.05, 3.63) is 40.9 Å². The number of hydrogen-bond donors (Lipinski definition) is 2. The number of nitrogens with zero attached hydrogens (tertiary/aromatic N) is 2. The Morgan fingerprint density at radius 1 is 1.31 bits per heavy atom. The van der Waals surface area contributed by atoms with E-state index in [1.807, 2.05) is 30.5 Å². The topological polar surface area (TPSA) is 66.5 Å². The van der Waals surface area contributed by atoms with E-state index in [1.165, 1.54) is 4.68 Å². The Kier molecular flexibility index (Phi) is 1.73. The van der Waals surface area contributed by atoms with Gasteiger partial charge < -0.3 is 4.98 Å². The summed E-state index contributed by atoms with van der Waals surface area (Å²) < 4.78 is 1.29. The summed E-state index contributed by atoms with van der Waals surface area (Å²) >= 11 is 0. The summed E-state index contributed by atoms with van der Waals surface area (Å²) in [6.45, 7) is 0. The summed E-state index contributed by atoms with van der Waals surface area (Å²) in [5, 5.41) is 5.21. The van der Waals surface area contributed by atoms with E-state index in [4.69, 9.17) is 0 Å². The first-order valence-corrected chi connectivity index (χ1v) is 4.95. The van der Waals surface area contributed by atoms with Crippen molar-refractivity contribution < 1.29 is 0 Å². The molecule has 0 spiro atoms. The molecule has 2 N–H and O–H groups in total. The van der Waals surface area contributed by atoms with Gasteiger partial charge in [-0.25, -0.2) is 9.48 Å². The highest BCUT2D eigenvalue weighted by Crippen LogP contribution is 2.20. The average molecular weight is 214 g/mol. The lowest BCUT2D eigenvalue weighted by Gasteiger charge is -1.96. The van der Waals surface area contributed by atoms with Crippen LogP contribution in [0.3, 0.4) is 0 Å². The molecule has 0 aliphatic heterocycles. The molecule has 0 unspecified atom stereocenters. The Labute approximate surface area is 90.7 Å². The summed E-state index contributed by atoms with van der Waals surface area (Å²) in [5.74, 6) is 0.593. The number of nitrogens with one attached hydrogen (secondary N) is 2. The first-order valence-electron chi connectivity index (χ1n) is 4.95. The number of H-pyrrole nitrogens is 2. The van der Waals surface area contributed by atoms with Crippen molar-refractivity contribution in [1.82, 2.24) is 19.7 Å². The number of aromatic amines is 2. The number of aromatic nitrogens is 4. The van der Waals surface area contributed by atoms with Crippen LogP contribution in [0.5, 0.6) is 0 Å². The monoisotopic (exact) mass is 214 g/mol. The van der Waals surface area contributed by atoms with Crippen LogP contribution in [0.15, 0.2) is 35.3 Å². The molecule has 0 fully saturated rings. The molecule has 5 heteroatoms. The van der Waals surface area contributed by atoms with E-state index in [0.29, 0.717) is 5.82 Å². The van der Waals surface area contributed by atoms with Crippen LogP contribution in [0.4, 0.5) is 0 Å². The summed E-state index contributed by atoms with van der Waals surface area (Å²) in [6.07, 6.45) is 1.88. The third kappa shape index (κ3) is 1.25. The van der Waals surface area contributed by atoms with Gasteiger partial charge in [-0.2, -0.15) is 5.10 Å². The van der Waals surface area contributed by atoms with Crippen LogP contribution in [0.25, 0.3) is 22.3 Å². The van der Waals surface area contributed by atoms with Crippen molar-refractivity contribution in [2.75, 3.05) is 0 Å². The Hall–Kier alpha value is -2.30. The van der Waals surface area contributed by atoms with Gasteiger partial charge in [-0.05, 0) is 24.3 Å². The highest BCUT2D eigenvalue weighted by molar-refractivity contribution is 5.83. The van der Waals surface area contributed by atoms with Gasteiger partial charge in [0.05, 0.1) is 0 Å². The van der Waals surface area contributed by atoms with Crippen LogP contribution >= 0.6 is 0 Å². The van der Waals surface area contributed by atoms with E-state index < -0.39 is 0 Å². The predicted molar refractivity (Wildman–Crippen MR) is 61.1 cm³/mol. The molecule has 0 aliphatic carbocycles. The molecule has 5 nitrogen and oxygen atoms in total. The molecule has 2 heterocycles. The highest BCUT2D eigenvalue weighted by atomic mass is 16.1. The lowest BCUT2D eigenvalue weighted by atomic mass is 10.1. The number of rotatable bonds is 1. The molecule has 0 atom stereocenters. The molecule has 2 aromatic heterocycles. The van der Waals surface area contributed by atoms with Gasteiger partial charge in [-0.3, -0.25) is 4.98 Å². The zero-order valence-electron chi connectivity index (χ0n) is 8.69. The number of hydrogen-bond acceptors (Lipinski definition) is 2. The minimum Gasteiger partial charge on any atom is -0.361 e. The van der Waals surface area contributed by atoms with Gasteiger partial charge in [-0.1, -0.05) is 0 Å². The Morgan fingerprint density at radius 2 is 2.19 bits per heavy atom. The fraction of sp³-hybridized carbons (Fsp3) is 0.0909. The summed E-state index contributed by atoms with van der Waals surface area (Å²) in [6, 6.07) is 7.87. The minimum absolute atomic E-state index is 0.204. The average Bonchev–Trinajstić information content (AvgIpc) is 2.85. The van der Waals surface area contributed by atoms with Crippen molar-refractivity contribution in [1.29, 1.82) is 0 Å². The fourth-order valence-electron chi connectivity index (χ4n) is 1.73. The van der Waals surface area contributed by atoms with Gasteiger partial charge >= 0.3 is 5.69 Å². The summed E-state index contributed by atoms with van der Waals surface area (Å²) in [5.41, 5.74) is 1.77. The summed E-state index contributed by atoms with van der Waals surface area (Å²) in [4.78, 5) is 17.1. The van der Waals surface area contributed by atoms with Crippen LogP contribution in [0.1, 0.15) is 0 Å². The summed E-state index contributed by atoms with van der Waals surface area (Å²) in [7, 11) is 1.62. The van der Waals surface area contributed by atoms with Gasteiger partial charge in [0.2, 0.25) is 0 Å². The van der Waals surface area contributed by atoms with Crippen LogP contribution in [-0.2, 0) is 7.05 Å². The smallest absolute Gasteiger partial charge is 0.343 e. The molecule has 0 amide bonds. The zero-order valence-corrected chi connectivity index (χ0v) is 8.69. The van der Waals surface area contributed by atoms with Gasteiger partial charge in [-0.15, -0.1) is 0 Å². The molecular weight excluding hydrogens is 204 g/mol. The third-order valence-corrected chi connectivity index (χ3v) is 2.60. The Balaban J connectivity index is 2.21.